The van der Waals surface area contributed by atoms with Crippen molar-refractivity contribution in [2.24, 2.45) is 0 Å². The van der Waals surface area contributed by atoms with Crippen LogP contribution in [0.5, 0.6) is 0 Å². The first-order valence-electron chi connectivity index (χ1n) is 6.48. The lowest BCUT2D eigenvalue weighted by atomic mass is 10.0. The van der Waals surface area contributed by atoms with Gasteiger partial charge in [-0.2, -0.15) is 0 Å². The summed E-state index contributed by atoms with van der Waals surface area (Å²) in [5, 5.41) is 8.83. The summed E-state index contributed by atoms with van der Waals surface area (Å²) in [4.78, 5) is 28.2. The van der Waals surface area contributed by atoms with Crippen molar-refractivity contribution in [2.75, 3.05) is 40.3 Å². The molecule has 0 aromatic heterocycles. The lowest BCUT2D eigenvalue weighted by molar-refractivity contribution is -0.137. The van der Waals surface area contributed by atoms with Crippen molar-refractivity contribution in [3.8, 4) is 0 Å². The molecule has 0 spiro atoms. The zero-order chi connectivity index (χ0) is 14.4. The van der Waals surface area contributed by atoms with E-state index in [2.05, 4.69) is 18.5 Å². The summed E-state index contributed by atoms with van der Waals surface area (Å²) in [6.45, 7) is 5.44. The molecule has 0 radical (unpaired) electrons. The van der Waals surface area contributed by atoms with Gasteiger partial charge in [-0.3, -0.25) is 4.79 Å². The third-order valence-corrected chi connectivity index (χ3v) is 3.48. The fraction of sp³-hybridized carbons (Fsp3) is 0.692. The molecule has 2 amide bonds. The highest BCUT2D eigenvalue weighted by atomic mass is 16.4. The number of carbonyl (C=O) groups excluding carboxylic acids is 1. The second-order valence-corrected chi connectivity index (χ2v) is 4.99. The monoisotopic (exact) mass is 269 g/mol. The molecule has 1 saturated heterocycles. The Balaban J connectivity index is 2.61. The van der Waals surface area contributed by atoms with Crippen molar-refractivity contribution >= 4 is 12.0 Å². The minimum atomic E-state index is -1.01. The van der Waals surface area contributed by atoms with E-state index < -0.39 is 5.97 Å². The normalized spacial score (nSPS) is 16.9. The van der Waals surface area contributed by atoms with Gasteiger partial charge in [0.2, 0.25) is 0 Å². The van der Waals surface area contributed by atoms with Crippen molar-refractivity contribution in [1.29, 1.82) is 0 Å². The highest BCUT2D eigenvalue weighted by molar-refractivity contribution is 5.80. The van der Waals surface area contributed by atoms with E-state index >= 15 is 0 Å². The van der Waals surface area contributed by atoms with Gasteiger partial charge < -0.3 is 19.8 Å². The number of nitrogens with zero attached hydrogens (tertiary/aromatic N) is 3. The first kappa shape index (κ1) is 15.5. The molecule has 0 aromatic rings. The van der Waals surface area contributed by atoms with Crippen LogP contribution in [0.15, 0.2) is 12.7 Å². The average Bonchev–Trinajstić information content (AvgIpc) is 2.37. The molecular formula is C13H23N3O3. The van der Waals surface area contributed by atoms with E-state index in [-0.39, 0.29) is 25.2 Å². The zero-order valence-electron chi connectivity index (χ0n) is 11.7. The van der Waals surface area contributed by atoms with E-state index in [9.17, 15) is 9.59 Å². The molecule has 108 valence electrons. The summed E-state index contributed by atoms with van der Waals surface area (Å²) in [7, 11) is 3.81. The first-order chi connectivity index (χ1) is 8.95. The second-order valence-electron chi connectivity index (χ2n) is 4.99. The highest BCUT2D eigenvalue weighted by Crippen LogP contribution is 2.15. The van der Waals surface area contributed by atoms with Gasteiger partial charge >= 0.3 is 12.0 Å². The number of aliphatic carboxylic acids is 1. The standard InChI is InChI=1S/C13H23N3O3/c1-4-7-16(10-12(17)18)13(19)15(3)11-5-8-14(2)9-6-11/h4,11H,1,5-10H2,2-3H3,(H,17,18). The molecule has 1 N–H and O–H groups in total. The van der Waals surface area contributed by atoms with Crippen LogP contribution in [0.2, 0.25) is 0 Å². The molecule has 6 heteroatoms. The summed E-state index contributed by atoms with van der Waals surface area (Å²) < 4.78 is 0. The number of hydrogen-bond acceptors (Lipinski definition) is 3. The quantitative estimate of drug-likeness (QED) is 0.746. The number of carbonyl (C=O) groups is 2. The summed E-state index contributed by atoms with van der Waals surface area (Å²) in [6, 6.07) is -0.0540. The van der Waals surface area contributed by atoms with Crippen LogP contribution in [0.25, 0.3) is 0 Å². The summed E-state index contributed by atoms with van der Waals surface area (Å²) in [5.74, 6) is -1.01. The van der Waals surface area contributed by atoms with Gasteiger partial charge in [0.25, 0.3) is 0 Å². The van der Waals surface area contributed by atoms with Gasteiger partial charge in [0.15, 0.2) is 0 Å². The fourth-order valence-electron chi connectivity index (χ4n) is 2.29. The molecule has 19 heavy (non-hydrogen) atoms. The summed E-state index contributed by atoms with van der Waals surface area (Å²) >= 11 is 0. The van der Waals surface area contributed by atoms with Crippen LogP contribution < -0.4 is 0 Å². The van der Waals surface area contributed by atoms with Gasteiger partial charge in [0.1, 0.15) is 6.54 Å². The van der Waals surface area contributed by atoms with Crippen LogP contribution in [0.4, 0.5) is 4.79 Å². The van der Waals surface area contributed by atoms with Gasteiger partial charge in [0.05, 0.1) is 0 Å². The topological polar surface area (TPSA) is 64.1 Å². The number of piperidine rings is 1. The highest BCUT2D eigenvalue weighted by Gasteiger charge is 2.27. The molecule has 0 saturated carbocycles. The van der Waals surface area contributed by atoms with Crippen LogP contribution in [0, 0.1) is 0 Å². The molecule has 0 aliphatic carbocycles. The van der Waals surface area contributed by atoms with Crippen molar-refractivity contribution < 1.29 is 14.7 Å². The molecule has 6 nitrogen and oxygen atoms in total. The number of amides is 2. The smallest absolute Gasteiger partial charge is 0.323 e. The van der Waals surface area contributed by atoms with Crippen molar-refractivity contribution in [3.63, 3.8) is 0 Å². The van der Waals surface area contributed by atoms with Crippen LogP contribution in [0.1, 0.15) is 12.8 Å². The minimum absolute atomic E-state index is 0.185. The predicted octanol–water partition coefficient (Wildman–Crippen LogP) is 0.705. The maximum atomic E-state index is 12.3. The fourth-order valence-corrected chi connectivity index (χ4v) is 2.29. The van der Waals surface area contributed by atoms with Crippen LogP contribution >= 0.6 is 0 Å². The minimum Gasteiger partial charge on any atom is -0.480 e. The van der Waals surface area contributed by atoms with Crippen LogP contribution in [-0.4, -0.2) is 78.1 Å². The molecule has 0 bridgehead atoms. The van der Waals surface area contributed by atoms with E-state index in [0.29, 0.717) is 0 Å². The second kappa shape index (κ2) is 7.13. The van der Waals surface area contributed by atoms with E-state index in [0.717, 1.165) is 25.9 Å². The number of rotatable bonds is 5. The lowest BCUT2D eigenvalue weighted by Crippen LogP contribution is -2.50. The Labute approximate surface area is 114 Å². The molecule has 0 unspecified atom stereocenters. The van der Waals surface area contributed by atoms with Crippen molar-refractivity contribution in [1.82, 2.24) is 14.7 Å². The Kier molecular flexibility index (Phi) is 5.82. The zero-order valence-corrected chi connectivity index (χ0v) is 11.7. The molecule has 1 aliphatic rings. The average molecular weight is 269 g/mol. The van der Waals surface area contributed by atoms with E-state index in [1.54, 1.807) is 18.0 Å². The van der Waals surface area contributed by atoms with E-state index in [1.807, 2.05) is 0 Å². The van der Waals surface area contributed by atoms with Crippen molar-refractivity contribution in [3.05, 3.63) is 12.7 Å². The van der Waals surface area contributed by atoms with Gasteiger partial charge in [-0.05, 0) is 33.0 Å². The molecule has 1 heterocycles. The van der Waals surface area contributed by atoms with Crippen molar-refractivity contribution in [2.45, 2.75) is 18.9 Å². The Hall–Kier alpha value is -1.56. The molecule has 1 aliphatic heterocycles. The van der Waals surface area contributed by atoms with Crippen LogP contribution in [-0.2, 0) is 4.79 Å². The third-order valence-electron chi connectivity index (χ3n) is 3.48. The Morgan fingerprint density at radius 3 is 2.47 bits per heavy atom. The SMILES string of the molecule is C=CCN(CC(=O)O)C(=O)N(C)C1CCN(C)CC1. The Bertz CT molecular complexity index is 338. The maximum absolute atomic E-state index is 12.3. The Morgan fingerprint density at radius 2 is 2.00 bits per heavy atom. The van der Waals surface area contributed by atoms with Gasteiger partial charge in [-0.25, -0.2) is 4.79 Å². The number of carboxylic acids is 1. The van der Waals surface area contributed by atoms with Crippen LogP contribution in [0.3, 0.4) is 0 Å². The Morgan fingerprint density at radius 1 is 1.42 bits per heavy atom. The van der Waals surface area contributed by atoms with E-state index in [4.69, 9.17) is 5.11 Å². The first-order valence-corrected chi connectivity index (χ1v) is 6.48. The van der Waals surface area contributed by atoms with Gasteiger partial charge in [-0.1, -0.05) is 6.08 Å². The molecular weight excluding hydrogens is 246 g/mol. The van der Waals surface area contributed by atoms with Gasteiger partial charge in [0, 0.05) is 19.6 Å². The number of hydrogen-bond donors (Lipinski definition) is 1. The predicted molar refractivity (Wildman–Crippen MR) is 73.1 cm³/mol. The number of urea groups is 1. The summed E-state index contributed by atoms with van der Waals surface area (Å²) in [6.07, 6.45) is 3.39. The molecule has 1 fully saturated rings. The lowest BCUT2D eigenvalue weighted by Gasteiger charge is -2.37. The van der Waals surface area contributed by atoms with Gasteiger partial charge in [-0.15, -0.1) is 6.58 Å². The maximum Gasteiger partial charge on any atom is 0.323 e. The molecule has 0 aromatic carbocycles. The molecule has 0 atom stereocenters. The number of likely N-dealkylation sites (tertiary alicyclic amines) is 1. The summed E-state index contributed by atoms with van der Waals surface area (Å²) in [5.41, 5.74) is 0. The number of carboxylic acid groups (broad SMARTS) is 1. The molecule has 1 rings (SSSR count). The third kappa shape index (κ3) is 4.55. The van der Waals surface area contributed by atoms with E-state index in [1.165, 1.54) is 4.90 Å². The largest absolute Gasteiger partial charge is 0.480 e.